The average molecular weight is 295 g/mol. The molecule has 1 unspecified atom stereocenters. The van der Waals surface area contributed by atoms with Crippen LogP contribution in [-0.4, -0.2) is 17.1 Å². The second-order valence-corrected chi connectivity index (χ2v) is 5.89. The van der Waals surface area contributed by atoms with Crippen LogP contribution in [0.4, 0.5) is 4.39 Å². The molecule has 1 rings (SSSR count). The molecule has 21 heavy (non-hydrogen) atoms. The third kappa shape index (κ3) is 6.12. The van der Waals surface area contributed by atoms with Gasteiger partial charge < -0.3 is 16.3 Å². The van der Waals surface area contributed by atoms with E-state index in [-0.39, 0.29) is 5.84 Å². The van der Waals surface area contributed by atoms with Gasteiger partial charge in [0.1, 0.15) is 5.82 Å². The van der Waals surface area contributed by atoms with Crippen molar-refractivity contribution in [3.05, 3.63) is 35.1 Å². The SMILES string of the molecule is CC(C)CCCC(C)NCc1ccc(F)cc1C(N)=NO. The molecule has 0 heterocycles. The van der Waals surface area contributed by atoms with Crippen LogP contribution in [-0.2, 0) is 6.54 Å². The van der Waals surface area contributed by atoms with Gasteiger partial charge in [-0.1, -0.05) is 37.9 Å². The van der Waals surface area contributed by atoms with Crippen molar-refractivity contribution in [2.45, 2.75) is 52.6 Å². The Balaban J connectivity index is 2.59. The first-order valence-corrected chi connectivity index (χ1v) is 7.43. The largest absolute Gasteiger partial charge is 0.409 e. The maximum atomic E-state index is 13.3. The van der Waals surface area contributed by atoms with Gasteiger partial charge >= 0.3 is 0 Å². The van der Waals surface area contributed by atoms with Gasteiger partial charge in [0.25, 0.3) is 0 Å². The van der Waals surface area contributed by atoms with Gasteiger partial charge in [-0.25, -0.2) is 4.39 Å². The molecule has 0 amide bonds. The fourth-order valence-corrected chi connectivity index (χ4v) is 2.21. The normalized spacial score (nSPS) is 13.7. The van der Waals surface area contributed by atoms with Gasteiger partial charge in [0.15, 0.2) is 5.84 Å². The summed E-state index contributed by atoms with van der Waals surface area (Å²) in [6.45, 7) is 7.14. The Hall–Kier alpha value is -1.62. The van der Waals surface area contributed by atoms with Crippen LogP contribution < -0.4 is 11.1 Å². The number of hydrogen-bond acceptors (Lipinski definition) is 3. The molecule has 1 atom stereocenters. The van der Waals surface area contributed by atoms with Crippen molar-refractivity contribution in [3.63, 3.8) is 0 Å². The number of benzene rings is 1. The number of halogens is 1. The molecule has 0 radical (unpaired) electrons. The Morgan fingerprint density at radius 3 is 2.67 bits per heavy atom. The lowest BCUT2D eigenvalue weighted by atomic mass is 10.0. The predicted molar refractivity (Wildman–Crippen MR) is 83.9 cm³/mol. The van der Waals surface area contributed by atoms with Gasteiger partial charge in [-0.05, 0) is 37.0 Å². The second kappa shape index (κ2) is 8.62. The molecule has 0 saturated carbocycles. The molecule has 118 valence electrons. The van der Waals surface area contributed by atoms with E-state index in [0.29, 0.717) is 18.2 Å². The van der Waals surface area contributed by atoms with Gasteiger partial charge in [-0.2, -0.15) is 0 Å². The highest BCUT2D eigenvalue weighted by Gasteiger charge is 2.10. The van der Waals surface area contributed by atoms with Gasteiger partial charge in [0.05, 0.1) is 0 Å². The molecule has 1 aromatic rings. The van der Waals surface area contributed by atoms with Crippen LogP contribution in [0.15, 0.2) is 23.4 Å². The predicted octanol–water partition coefficient (Wildman–Crippen LogP) is 3.22. The maximum Gasteiger partial charge on any atom is 0.170 e. The Morgan fingerprint density at radius 1 is 1.33 bits per heavy atom. The summed E-state index contributed by atoms with van der Waals surface area (Å²) < 4.78 is 13.3. The van der Waals surface area contributed by atoms with E-state index in [1.165, 1.54) is 25.0 Å². The van der Waals surface area contributed by atoms with Crippen molar-refractivity contribution in [1.29, 1.82) is 0 Å². The highest BCUT2D eigenvalue weighted by atomic mass is 19.1. The van der Waals surface area contributed by atoms with E-state index in [9.17, 15) is 4.39 Å². The van der Waals surface area contributed by atoms with E-state index < -0.39 is 5.82 Å². The highest BCUT2D eigenvalue weighted by Crippen LogP contribution is 2.13. The lowest BCUT2D eigenvalue weighted by Gasteiger charge is -2.16. The molecule has 0 fully saturated rings. The topological polar surface area (TPSA) is 70.6 Å². The Bertz CT molecular complexity index is 475. The van der Waals surface area contributed by atoms with Crippen molar-refractivity contribution in [2.24, 2.45) is 16.8 Å². The molecule has 0 saturated heterocycles. The summed E-state index contributed by atoms with van der Waals surface area (Å²) in [5.41, 5.74) is 6.84. The molecular weight excluding hydrogens is 269 g/mol. The third-order valence-electron chi connectivity index (χ3n) is 3.52. The van der Waals surface area contributed by atoms with Gasteiger partial charge in [0, 0.05) is 18.2 Å². The van der Waals surface area contributed by atoms with Crippen LogP contribution in [0.5, 0.6) is 0 Å². The Morgan fingerprint density at radius 2 is 2.05 bits per heavy atom. The molecule has 0 aromatic heterocycles. The monoisotopic (exact) mass is 295 g/mol. The van der Waals surface area contributed by atoms with Crippen molar-refractivity contribution in [3.8, 4) is 0 Å². The number of nitrogens with two attached hydrogens (primary N) is 1. The molecule has 4 nitrogen and oxygen atoms in total. The molecule has 0 aliphatic heterocycles. The minimum atomic E-state index is -0.398. The summed E-state index contributed by atoms with van der Waals surface area (Å²) in [5, 5.41) is 15.1. The van der Waals surface area contributed by atoms with E-state index in [1.54, 1.807) is 6.07 Å². The minimum absolute atomic E-state index is 0.0706. The summed E-state index contributed by atoms with van der Waals surface area (Å²) in [6.07, 6.45) is 3.50. The first-order chi connectivity index (χ1) is 9.93. The van der Waals surface area contributed by atoms with E-state index in [1.807, 2.05) is 0 Å². The number of nitrogens with zero attached hydrogens (tertiary/aromatic N) is 1. The van der Waals surface area contributed by atoms with Crippen molar-refractivity contribution in [2.75, 3.05) is 0 Å². The summed E-state index contributed by atoms with van der Waals surface area (Å²) >= 11 is 0. The number of hydrogen-bond donors (Lipinski definition) is 3. The quantitative estimate of drug-likeness (QED) is 0.298. The van der Waals surface area contributed by atoms with Crippen LogP contribution in [0.1, 0.15) is 51.2 Å². The Labute approximate surface area is 126 Å². The zero-order valence-corrected chi connectivity index (χ0v) is 13.1. The van der Waals surface area contributed by atoms with Crippen LogP contribution >= 0.6 is 0 Å². The first kappa shape index (κ1) is 17.4. The van der Waals surface area contributed by atoms with Crippen LogP contribution in [0.2, 0.25) is 0 Å². The summed E-state index contributed by atoms with van der Waals surface area (Å²) in [4.78, 5) is 0. The van der Waals surface area contributed by atoms with E-state index in [4.69, 9.17) is 10.9 Å². The third-order valence-corrected chi connectivity index (χ3v) is 3.52. The molecule has 0 aliphatic carbocycles. The van der Waals surface area contributed by atoms with Crippen LogP contribution in [0.25, 0.3) is 0 Å². The molecule has 0 spiro atoms. The summed E-state index contributed by atoms with van der Waals surface area (Å²) in [7, 11) is 0. The van der Waals surface area contributed by atoms with Crippen molar-refractivity contribution >= 4 is 5.84 Å². The van der Waals surface area contributed by atoms with Crippen LogP contribution in [0, 0.1) is 11.7 Å². The van der Waals surface area contributed by atoms with Crippen LogP contribution in [0.3, 0.4) is 0 Å². The molecule has 1 aromatic carbocycles. The highest BCUT2D eigenvalue weighted by molar-refractivity contribution is 5.98. The fourth-order valence-electron chi connectivity index (χ4n) is 2.21. The molecule has 0 bridgehead atoms. The average Bonchev–Trinajstić information content (AvgIpc) is 2.44. The van der Waals surface area contributed by atoms with E-state index in [0.717, 1.165) is 17.9 Å². The Kier molecular flexibility index (Phi) is 7.15. The van der Waals surface area contributed by atoms with Gasteiger partial charge in [0.2, 0.25) is 0 Å². The smallest absolute Gasteiger partial charge is 0.170 e. The number of rotatable bonds is 8. The first-order valence-electron chi connectivity index (χ1n) is 7.43. The summed E-state index contributed by atoms with van der Waals surface area (Å²) in [6, 6.07) is 4.70. The molecule has 5 heteroatoms. The number of amidine groups is 1. The fraction of sp³-hybridized carbons (Fsp3) is 0.562. The zero-order valence-electron chi connectivity index (χ0n) is 13.1. The zero-order chi connectivity index (χ0) is 15.8. The molecule has 4 N–H and O–H groups in total. The van der Waals surface area contributed by atoms with Gasteiger partial charge in [-0.3, -0.25) is 0 Å². The second-order valence-electron chi connectivity index (χ2n) is 5.89. The summed E-state index contributed by atoms with van der Waals surface area (Å²) in [5.74, 6) is 0.255. The molecule has 0 aliphatic rings. The molecular formula is C16H26FN3O. The van der Waals surface area contributed by atoms with Crippen molar-refractivity contribution < 1.29 is 9.60 Å². The number of oxime groups is 1. The minimum Gasteiger partial charge on any atom is -0.409 e. The van der Waals surface area contributed by atoms with Crippen molar-refractivity contribution in [1.82, 2.24) is 5.32 Å². The lowest BCUT2D eigenvalue weighted by Crippen LogP contribution is -2.27. The van der Waals surface area contributed by atoms with E-state index >= 15 is 0 Å². The number of nitrogens with one attached hydrogen (secondary N) is 1. The lowest BCUT2D eigenvalue weighted by molar-refractivity contribution is 0.318. The van der Waals surface area contributed by atoms with E-state index in [2.05, 4.69) is 31.2 Å². The van der Waals surface area contributed by atoms with Gasteiger partial charge in [-0.15, -0.1) is 0 Å². The standard InChI is InChI=1S/C16H26FN3O/c1-11(2)5-4-6-12(3)19-10-13-7-8-14(17)9-15(13)16(18)20-21/h7-9,11-12,19,21H,4-6,10H2,1-3H3,(H2,18,20). The maximum absolute atomic E-state index is 13.3.